The highest BCUT2D eigenvalue weighted by molar-refractivity contribution is 7.99. The van der Waals surface area contributed by atoms with Crippen LogP contribution in [-0.4, -0.2) is 50.8 Å². The Morgan fingerprint density at radius 1 is 1.06 bits per heavy atom. The molecule has 0 bridgehead atoms. The number of benzene rings is 2. The lowest BCUT2D eigenvalue weighted by Gasteiger charge is -2.26. The van der Waals surface area contributed by atoms with Crippen LogP contribution in [0.4, 0.5) is 0 Å². The number of aromatic nitrogens is 3. The van der Waals surface area contributed by atoms with Gasteiger partial charge in [0.05, 0.1) is 18.0 Å². The van der Waals surface area contributed by atoms with E-state index in [0.717, 1.165) is 42.8 Å². The third-order valence-corrected chi connectivity index (χ3v) is 7.12. The Labute approximate surface area is 208 Å². The number of rotatable bonds is 7. The number of carbonyl (C=O) groups excluding carboxylic acids is 1. The number of carbonyl (C=O) groups is 1. The van der Waals surface area contributed by atoms with Crippen LogP contribution in [0.2, 0.25) is 0 Å². The molecule has 0 saturated carbocycles. The molecule has 0 atom stereocenters. The van der Waals surface area contributed by atoms with Crippen molar-refractivity contribution < 1.29 is 9.53 Å². The van der Waals surface area contributed by atoms with Crippen molar-refractivity contribution in [1.82, 2.24) is 19.4 Å². The molecule has 1 fully saturated rings. The minimum atomic E-state index is -0.200. The zero-order valence-corrected chi connectivity index (χ0v) is 20.5. The molecule has 1 amide bonds. The molecule has 1 aliphatic rings. The van der Waals surface area contributed by atoms with Gasteiger partial charge in [-0.25, -0.2) is 4.98 Å². The number of hydrogen-bond donors (Lipinski definition) is 1. The van der Waals surface area contributed by atoms with Gasteiger partial charge in [0.1, 0.15) is 16.8 Å². The van der Waals surface area contributed by atoms with E-state index in [1.165, 1.54) is 18.2 Å². The lowest BCUT2D eigenvalue weighted by Crippen LogP contribution is -2.36. The van der Waals surface area contributed by atoms with Crippen molar-refractivity contribution in [1.29, 1.82) is 0 Å². The van der Waals surface area contributed by atoms with Crippen molar-refractivity contribution in [3.8, 4) is 22.6 Å². The number of amides is 1. The molecule has 5 rings (SSSR count). The average molecular weight is 489 g/mol. The fourth-order valence-electron chi connectivity index (χ4n) is 4.42. The summed E-state index contributed by atoms with van der Waals surface area (Å²) in [5, 5.41) is 0.494. The summed E-state index contributed by atoms with van der Waals surface area (Å²) in [5.41, 5.74) is 3.36. The summed E-state index contributed by atoms with van der Waals surface area (Å²) in [7, 11) is 0. The lowest BCUT2D eigenvalue weighted by molar-refractivity contribution is -0.129. The number of likely N-dealkylation sites (tertiary alicyclic amines) is 1. The first kappa shape index (κ1) is 23.2. The van der Waals surface area contributed by atoms with Gasteiger partial charge in [0.25, 0.3) is 5.56 Å². The van der Waals surface area contributed by atoms with Crippen molar-refractivity contribution in [2.75, 3.05) is 25.4 Å². The molecule has 7 nitrogen and oxygen atoms in total. The van der Waals surface area contributed by atoms with Gasteiger partial charge >= 0.3 is 0 Å². The van der Waals surface area contributed by atoms with Crippen LogP contribution >= 0.6 is 11.8 Å². The molecular formula is C27H28N4O3S. The first-order valence-electron chi connectivity index (χ1n) is 12.0. The van der Waals surface area contributed by atoms with Crippen LogP contribution in [-0.2, 0) is 4.79 Å². The van der Waals surface area contributed by atoms with Crippen LogP contribution in [0, 0.1) is 0 Å². The summed E-state index contributed by atoms with van der Waals surface area (Å²) in [6.45, 7) is 4.10. The highest BCUT2D eigenvalue weighted by atomic mass is 32.2. The molecule has 8 heteroatoms. The molecule has 0 radical (unpaired) electrons. The molecule has 35 heavy (non-hydrogen) atoms. The first-order valence-corrected chi connectivity index (χ1v) is 13.0. The van der Waals surface area contributed by atoms with Gasteiger partial charge in [0, 0.05) is 24.8 Å². The van der Waals surface area contributed by atoms with Crippen LogP contribution in [0.15, 0.2) is 70.7 Å². The summed E-state index contributed by atoms with van der Waals surface area (Å²) in [6.07, 6.45) is 5.08. The molecule has 4 aromatic rings. The van der Waals surface area contributed by atoms with Crippen molar-refractivity contribution >= 4 is 28.7 Å². The zero-order chi connectivity index (χ0) is 24.2. The van der Waals surface area contributed by atoms with E-state index < -0.39 is 0 Å². The zero-order valence-electron chi connectivity index (χ0n) is 19.7. The van der Waals surface area contributed by atoms with E-state index in [4.69, 9.17) is 9.72 Å². The van der Waals surface area contributed by atoms with Crippen molar-refractivity contribution in [3.63, 3.8) is 0 Å². The molecule has 0 aliphatic carbocycles. The molecule has 1 saturated heterocycles. The number of fused-ring (bicyclic) bond motifs is 1. The van der Waals surface area contributed by atoms with E-state index in [0.29, 0.717) is 28.5 Å². The van der Waals surface area contributed by atoms with E-state index in [9.17, 15) is 9.59 Å². The van der Waals surface area contributed by atoms with Gasteiger partial charge in [-0.3, -0.25) is 14.2 Å². The quantitative estimate of drug-likeness (QED) is 0.296. The van der Waals surface area contributed by atoms with Crippen molar-refractivity contribution in [2.45, 2.75) is 31.3 Å². The standard InChI is InChI=1S/C27H28N4O3S/c1-2-34-21-13-11-20(12-14-21)31-26(33)25-24(22(17-28-25)19-9-5-3-6-10-19)29-27(31)35-18-23(32)30-15-7-4-8-16-30/h3,5-6,9-14,17,28H,2,4,7-8,15-16,18H2,1H3. The smallest absolute Gasteiger partial charge is 0.283 e. The number of nitrogens with one attached hydrogen (secondary N) is 1. The van der Waals surface area contributed by atoms with Crippen LogP contribution in [0.3, 0.4) is 0 Å². The second kappa shape index (κ2) is 10.4. The fraction of sp³-hybridized carbons (Fsp3) is 0.296. The molecule has 2 aromatic heterocycles. The van der Waals surface area contributed by atoms with Gasteiger partial charge in [0.15, 0.2) is 5.16 Å². The maximum atomic E-state index is 13.7. The maximum Gasteiger partial charge on any atom is 0.283 e. The van der Waals surface area contributed by atoms with Crippen molar-refractivity contribution in [3.05, 3.63) is 71.1 Å². The Hall–Kier alpha value is -3.52. The monoisotopic (exact) mass is 488 g/mol. The van der Waals surface area contributed by atoms with Gasteiger partial charge in [-0.15, -0.1) is 0 Å². The number of aromatic amines is 1. The highest BCUT2D eigenvalue weighted by Gasteiger charge is 2.21. The van der Waals surface area contributed by atoms with E-state index in [1.54, 1.807) is 4.57 Å². The Bertz CT molecular complexity index is 1370. The Kier molecular flexibility index (Phi) is 6.90. The fourth-order valence-corrected chi connectivity index (χ4v) is 5.33. The van der Waals surface area contributed by atoms with E-state index in [1.807, 2.05) is 72.6 Å². The number of piperidine rings is 1. The molecule has 180 valence electrons. The molecular weight excluding hydrogens is 460 g/mol. The Morgan fingerprint density at radius 3 is 2.51 bits per heavy atom. The third kappa shape index (κ3) is 4.84. The number of ether oxygens (including phenoxy) is 1. The topological polar surface area (TPSA) is 80.2 Å². The summed E-state index contributed by atoms with van der Waals surface area (Å²) in [6, 6.07) is 17.2. The van der Waals surface area contributed by atoms with Crippen LogP contribution in [0.1, 0.15) is 26.2 Å². The molecule has 2 aromatic carbocycles. The maximum absolute atomic E-state index is 13.7. The van der Waals surface area contributed by atoms with Gasteiger partial charge in [-0.05, 0) is 56.0 Å². The predicted molar refractivity (Wildman–Crippen MR) is 139 cm³/mol. The van der Waals surface area contributed by atoms with Gasteiger partial charge in [-0.1, -0.05) is 42.1 Å². The Balaban J connectivity index is 1.57. The van der Waals surface area contributed by atoms with Crippen molar-refractivity contribution in [2.24, 2.45) is 0 Å². The molecule has 1 aliphatic heterocycles. The van der Waals surface area contributed by atoms with E-state index in [-0.39, 0.29) is 17.2 Å². The first-order chi connectivity index (χ1) is 17.2. The van der Waals surface area contributed by atoms with Crippen LogP contribution in [0.5, 0.6) is 5.75 Å². The number of H-pyrrole nitrogens is 1. The van der Waals surface area contributed by atoms with E-state index in [2.05, 4.69) is 4.98 Å². The largest absolute Gasteiger partial charge is 0.494 e. The number of nitrogens with zero attached hydrogens (tertiary/aromatic N) is 3. The molecule has 0 unspecified atom stereocenters. The van der Waals surface area contributed by atoms with Crippen LogP contribution < -0.4 is 10.3 Å². The molecule has 1 N–H and O–H groups in total. The Morgan fingerprint density at radius 2 is 1.80 bits per heavy atom. The number of hydrogen-bond acceptors (Lipinski definition) is 5. The summed E-state index contributed by atoms with van der Waals surface area (Å²) in [4.78, 5) is 36.6. The second-order valence-corrected chi connectivity index (χ2v) is 9.43. The second-order valence-electron chi connectivity index (χ2n) is 8.48. The minimum Gasteiger partial charge on any atom is -0.494 e. The van der Waals surface area contributed by atoms with Gasteiger partial charge < -0.3 is 14.6 Å². The lowest BCUT2D eigenvalue weighted by atomic mass is 10.1. The molecule has 3 heterocycles. The molecule has 0 spiro atoms. The summed E-state index contributed by atoms with van der Waals surface area (Å²) < 4.78 is 7.14. The summed E-state index contributed by atoms with van der Waals surface area (Å²) in [5.74, 6) is 1.05. The normalized spacial score (nSPS) is 13.8. The highest BCUT2D eigenvalue weighted by Crippen LogP contribution is 2.29. The van der Waals surface area contributed by atoms with Crippen LogP contribution in [0.25, 0.3) is 27.8 Å². The average Bonchev–Trinajstić information content (AvgIpc) is 3.33. The van der Waals surface area contributed by atoms with E-state index >= 15 is 0 Å². The predicted octanol–water partition coefficient (Wildman–Crippen LogP) is 4.88. The minimum absolute atomic E-state index is 0.0830. The van der Waals surface area contributed by atoms with Gasteiger partial charge in [-0.2, -0.15) is 0 Å². The number of thioether (sulfide) groups is 1. The summed E-state index contributed by atoms with van der Waals surface area (Å²) >= 11 is 1.31. The van der Waals surface area contributed by atoms with Gasteiger partial charge in [0.2, 0.25) is 5.91 Å². The SMILES string of the molecule is CCOc1ccc(-n2c(SCC(=O)N3CCCCC3)nc3c(-c4ccccc4)c[nH]c3c2=O)cc1. The third-order valence-electron chi connectivity index (χ3n) is 6.19.